The molecule has 3 N–H and O–H groups in total. The van der Waals surface area contributed by atoms with Crippen molar-refractivity contribution in [2.24, 2.45) is 5.73 Å². The Hall–Kier alpha value is -3.13. The smallest absolute Gasteiger partial charge is 0.408 e. The Morgan fingerprint density at radius 2 is 2.03 bits per heavy atom. The Labute approximate surface area is 169 Å². The Kier molecular flexibility index (Phi) is 5.62. The van der Waals surface area contributed by atoms with E-state index in [1.807, 2.05) is 24.4 Å². The Bertz CT molecular complexity index is 977. The Morgan fingerprint density at radius 3 is 2.72 bits per heavy atom. The van der Waals surface area contributed by atoms with Crippen molar-refractivity contribution in [3.63, 3.8) is 0 Å². The van der Waals surface area contributed by atoms with E-state index in [9.17, 15) is 4.79 Å². The number of carbonyl (C=O) groups is 1. The van der Waals surface area contributed by atoms with Crippen LogP contribution in [0.1, 0.15) is 19.8 Å². The molecule has 1 fully saturated rings. The molecule has 1 aliphatic heterocycles. The highest BCUT2D eigenvalue weighted by Crippen LogP contribution is 2.27. The standard InChI is InChI=1S/C21H26N6O2/c1-2-3-9-26-10-12-27(13-11-26)18-8-7-15(14-23-18)20-24-16-5-4-6-17(19(16)25-20)29-21(22)28/h4-8,14H,2-3,9-13H2,1H3,(H2,22,28)(H,24,25). The summed E-state index contributed by atoms with van der Waals surface area (Å²) < 4.78 is 5.04. The number of pyridine rings is 1. The number of unbranched alkanes of at least 4 members (excludes halogenated alkanes) is 1. The molecule has 4 rings (SSSR count). The molecule has 8 nitrogen and oxygen atoms in total. The molecule has 0 atom stereocenters. The predicted octanol–water partition coefficient (Wildman–Crippen LogP) is 3.00. The summed E-state index contributed by atoms with van der Waals surface area (Å²) in [5.74, 6) is 1.99. The van der Waals surface area contributed by atoms with Crippen LogP contribution in [-0.4, -0.2) is 58.7 Å². The van der Waals surface area contributed by atoms with E-state index in [4.69, 9.17) is 10.5 Å². The summed E-state index contributed by atoms with van der Waals surface area (Å²) in [7, 11) is 0. The fourth-order valence-electron chi connectivity index (χ4n) is 3.63. The van der Waals surface area contributed by atoms with Crippen LogP contribution in [0.3, 0.4) is 0 Å². The molecule has 29 heavy (non-hydrogen) atoms. The molecule has 8 heteroatoms. The van der Waals surface area contributed by atoms with Crippen molar-refractivity contribution in [2.45, 2.75) is 19.8 Å². The van der Waals surface area contributed by atoms with Crippen LogP contribution in [0.15, 0.2) is 36.5 Å². The number of para-hydroxylation sites is 1. The number of piperazine rings is 1. The van der Waals surface area contributed by atoms with Gasteiger partial charge in [-0.15, -0.1) is 0 Å². The van der Waals surface area contributed by atoms with Crippen molar-refractivity contribution in [3.05, 3.63) is 36.5 Å². The first-order valence-electron chi connectivity index (χ1n) is 10.0. The lowest BCUT2D eigenvalue weighted by Gasteiger charge is -2.35. The second kappa shape index (κ2) is 8.48. The molecule has 0 bridgehead atoms. The molecule has 0 aliphatic carbocycles. The van der Waals surface area contributed by atoms with Gasteiger partial charge in [-0.2, -0.15) is 0 Å². The summed E-state index contributed by atoms with van der Waals surface area (Å²) in [4.78, 5) is 28.4. The summed E-state index contributed by atoms with van der Waals surface area (Å²) in [6.07, 6.45) is 3.46. The maximum Gasteiger partial charge on any atom is 0.410 e. The molecule has 3 heterocycles. The minimum absolute atomic E-state index is 0.336. The van der Waals surface area contributed by atoms with Gasteiger partial charge < -0.3 is 20.4 Å². The van der Waals surface area contributed by atoms with Crippen LogP contribution in [0, 0.1) is 0 Å². The highest BCUT2D eigenvalue weighted by molar-refractivity contribution is 5.87. The number of aromatic nitrogens is 3. The van der Waals surface area contributed by atoms with E-state index in [1.54, 1.807) is 12.1 Å². The molecule has 1 aliphatic rings. The van der Waals surface area contributed by atoms with Crippen LogP contribution in [0.4, 0.5) is 10.6 Å². The average Bonchev–Trinajstić information content (AvgIpc) is 3.18. The van der Waals surface area contributed by atoms with Crippen LogP contribution >= 0.6 is 0 Å². The van der Waals surface area contributed by atoms with Crippen LogP contribution in [-0.2, 0) is 0 Å². The first-order valence-corrected chi connectivity index (χ1v) is 10.0. The number of nitrogens with zero attached hydrogens (tertiary/aromatic N) is 4. The molecule has 0 spiro atoms. The molecule has 2 aromatic heterocycles. The number of primary amides is 1. The number of ether oxygens (including phenoxy) is 1. The molecular weight excluding hydrogens is 368 g/mol. The number of hydrogen-bond acceptors (Lipinski definition) is 6. The van der Waals surface area contributed by atoms with Crippen molar-refractivity contribution in [1.29, 1.82) is 0 Å². The number of fused-ring (bicyclic) bond motifs is 1. The lowest BCUT2D eigenvalue weighted by Crippen LogP contribution is -2.46. The number of benzene rings is 1. The van der Waals surface area contributed by atoms with Crippen LogP contribution in [0.5, 0.6) is 5.75 Å². The van der Waals surface area contributed by atoms with Gasteiger partial charge in [0.05, 0.1) is 5.52 Å². The second-order valence-electron chi connectivity index (χ2n) is 7.25. The van der Waals surface area contributed by atoms with Crippen LogP contribution < -0.4 is 15.4 Å². The zero-order valence-corrected chi connectivity index (χ0v) is 16.6. The molecule has 0 radical (unpaired) electrons. The van der Waals surface area contributed by atoms with Gasteiger partial charge in [-0.05, 0) is 37.2 Å². The Balaban J connectivity index is 1.48. The Morgan fingerprint density at radius 1 is 1.21 bits per heavy atom. The zero-order chi connectivity index (χ0) is 20.2. The first kappa shape index (κ1) is 19.2. The third kappa shape index (κ3) is 4.32. The summed E-state index contributed by atoms with van der Waals surface area (Å²) in [6.45, 7) is 7.56. The van der Waals surface area contributed by atoms with Gasteiger partial charge in [-0.1, -0.05) is 19.4 Å². The number of rotatable bonds is 6. The SMILES string of the molecule is CCCCN1CCN(c2ccc(-c3nc4c(OC(N)=O)cccc4[nH]3)cn2)CC1. The molecule has 1 saturated heterocycles. The van der Waals surface area contributed by atoms with Gasteiger partial charge in [-0.25, -0.2) is 14.8 Å². The van der Waals surface area contributed by atoms with Gasteiger partial charge in [0.15, 0.2) is 5.75 Å². The van der Waals surface area contributed by atoms with Gasteiger partial charge in [-0.3, -0.25) is 4.90 Å². The monoisotopic (exact) mass is 394 g/mol. The summed E-state index contributed by atoms with van der Waals surface area (Å²) in [5.41, 5.74) is 7.34. The van der Waals surface area contributed by atoms with Gasteiger partial charge in [0.25, 0.3) is 0 Å². The number of imidazole rings is 1. The van der Waals surface area contributed by atoms with Crippen LogP contribution in [0.2, 0.25) is 0 Å². The third-order valence-corrected chi connectivity index (χ3v) is 5.23. The fraction of sp³-hybridized carbons (Fsp3) is 0.381. The number of carbonyl (C=O) groups excluding carboxylic acids is 1. The summed E-state index contributed by atoms with van der Waals surface area (Å²) in [6, 6.07) is 9.37. The molecule has 0 saturated carbocycles. The lowest BCUT2D eigenvalue weighted by atomic mass is 10.2. The van der Waals surface area contributed by atoms with Gasteiger partial charge in [0, 0.05) is 37.9 Å². The van der Waals surface area contributed by atoms with E-state index in [-0.39, 0.29) is 0 Å². The molecule has 3 aromatic rings. The lowest BCUT2D eigenvalue weighted by molar-refractivity contribution is 0.211. The topological polar surface area (TPSA) is 100 Å². The highest BCUT2D eigenvalue weighted by Gasteiger charge is 2.18. The normalized spacial score (nSPS) is 15.0. The van der Waals surface area contributed by atoms with Crippen LogP contribution in [0.25, 0.3) is 22.4 Å². The van der Waals surface area contributed by atoms with Gasteiger partial charge >= 0.3 is 6.09 Å². The van der Waals surface area contributed by atoms with E-state index in [2.05, 4.69) is 31.7 Å². The van der Waals surface area contributed by atoms with E-state index >= 15 is 0 Å². The highest BCUT2D eigenvalue weighted by atomic mass is 16.5. The molecule has 1 amide bonds. The minimum atomic E-state index is -0.858. The second-order valence-corrected chi connectivity index (χ2v) is 7.25. The van der Waals surface area contributed by atoms with E-state index < -0.39 is 6.09 Å². The maximum absolute atomic E-state index is 11.1. The number of hydrogen-bond donors (Lipinski definition) is 2. The fourth-order valence-corrected chi connectivity index (χ4v) is 3.63. The number of aromatic amines is 1. The van der Waals surface area contributed by atoms with Crippen molar-refractivity contribution in [1.82, 2.24) is 19.9 Å². The number of amides is 1. The molecule has 152 valence electrons. The van der Waals surface area contributed by atoms with Crippen molar-refractivity contribution >= 4 is 22.9 Å². The summed E-state index contributed by atoms with van der Waals surface area (Å²) >= 11 is 0. The molecule has 0 unspecified atom stereocenters. The van der Waals surface area contributed by atoms with E-state index in [1.165, 1.54) is 19.4 Å². The molecule has 1 aromatic carbocycles. The molecular formula is C21H26N6O2. The van der Waals surface area contributed by atoms with Gasteiger partial charge in [0.1, 0.15) is 17.2 Å². The van der Waals surface area contributed by atoms with Gasteiger partial charge in [0.2, 0.25) is 0 Å². The maximum atomic E-state index is 11.1. The summed E-state index contributed by atoms with van der Waals surface area (Å²) in [5, 5.41) is 0. The predicted molar refractivity (Wildman–Crippen MR) is 113 cm³/mol. The van der Waals surface area contributed by atoms with Crippen molar-refractivity contribution in [3.8, 4) is 17.1 Å². The number of H-pyrrole nitrogens is 1. The average molecular weight is 394 g/mol. The zero-order valence-electron chi connectivity index (χ0n) is 16.6. The quantitative estimate of drug-likeness (QED) is 0.667. The van der Waals surface area contributed by atoms with Crippen molar-refractivity contribution < 1.29 is 9.53 Å². The third-order valence-electron chi connectivity index (χ3n) is 5.23. The first-order chi connectivity index (χ1) is 14.1. The van der Waals surface area contributed by atoms with Crippen molar-refractivity contribution in [2.75, 3.05) is 37.6 Å². The number of anilines is 1. The largest absolute Gasteiger partial charge is 0.410 e. The minimum Gasteiger partial charge on any atom is -0.408 e. The van der Waals surface area contributed by atoms with E-state index in [0.29, 0.717) is 17.1 Å². The van der Waals surface area contributed by atoms with E-state index in [0.717, 1.165) is 43.1 Å². The number of nitrogens with one attached hydrogen (secondary N) is 1. The number of nitrogens with two attached hydrogens (primary N) is 1.